The monoisotopic (exact) mass is 281 g/mol. The number of aliphatic imine (C=N–C) groups is 1. The maximum Gasteiger partial charge on any atom is 0.157 e. The normalized spacial score (nSPS) is 23.9. The first-order chi connectivity index (χ1) is 8.77. The summed E-state index contributed by atoms with van der Waals surface area (Å²) in [5.41, 5.74) is 0.528. The summed E-state index contributed by atoms with van der Waals surface area (Å²) in [7, 11) is 0. The summed E-state index contributed by atoms with van der Waals surface area (Å²) in [6.45, 7) is 3.18. The molecular weight excluding hydrogens is 262 g/mol. The summed E-state index contributed by atoms with van der Waals surface area (Å²) in [6.07, 6.45) is 7.40. The lowest BCUT2D eigenvalue weighted by Crippen LogP contribution is -2.34. The number of thiazole rings is 1. The molecule has 18 heavy (non-hydrogen) atoms. The Hall–Kier alpha value is -0.550. The first-order valence-corrected chi connectivity index (χ1v) is 8.47. The minimum absolute atomic E-state index is 0.272. The maximum absolute atomic E-state index is 4.76. The van der Waals surface area contributed by atoms with Gasteiger partial charge in [0.15, 0.2) is 5.17 Å². The van der Waals surface area contributed by atoms with E-state index in [1.54, 1.807) is 11.3 Å². The number of amidine groups is 1. The van der Waals surface area contributed by atoms with E-state index in [9.17, 15) is 0 Å². The van der Waals surface area contributed by atoms with E-state index < -0.39 is 0 Å². The van der Waals surface area contributed by atoms with E-state index in [4.69, 9.17) is 4.99 Å². The van der Waals surface area contributed by atoms with Crippen LogP contribution in [0, 0.1) is 5.41 Å². The summed E-state index contributed by atoms with van der Waals surface area (Å²) < 4.78 is 0. The van der Waals surface area contributed by atoms with Gasteiger partial charge in [-0.2, -0.15) is 0 Å². The molecule has 1 saturated carbocycles. The second-order valence-corrected chi connectivity index (χ2v) is 7.24. The van der Waals surface area contributed by atoms with Crippen molar-refractivity contribution in [3.05, 3.63) is 16.6 Å². The summed E-state index contributed by atoms with van der Waals surface area (Å²) in [4.78, 5) is 9.10. The maximum atomic E-state index is 4.76. The molecule has 1 aromatic heterocycles. The van der Waals surface area contributed by atoms with Crippen LogP contribution < -0.4 is 5.32 Å². The van der Waals surface area contributed by atoms with E-state index in [-0.39, 0.29) is 6.04 Å². The molecule has 0 amide bonds. The molecule has 1 aliphatic heterocycles. The number of thioether (sulfide) groups is 1. The average molecular weight is 281 g/mol. The summed E-state index contributed by atoms with van der Waals surface area (Å²) in [6, 6.07) is 0.272. The Kier molecular flexibility index (Phi) is 3.61. The zero-order chi connectivity index (χ0) is 12.4. The molecule has 0 bridgehead atoms. The third-order valence-corrected chi connectivity index (χ3v) is 6.13. The van der Waals surface area contributed by atoms with Gasteiger partial charge in [-0.15, -0.1) is 11.3 Å². The first kappa shape index (κ1) is 12.5. The highest BCUT2D eigenvalue weighted by molar-refractivity contribution is 8.13. The van der Waals surface area contributed by atoms with Gasteiger partial charge < -0.3 is 5.32 Å². The highest BCUT2D eigenvalue weighted by Gasteiger charge is 2.36. The standard InChI is InChI=1S/C13H19N3S2/c1-10(11-14-6-7-17-11)16-12-15-8-13(9-18-12)4-2-3-5-13/h6-7,10H,2-5,8-9H2,1H3,(H,15,16). The van der Waals surface area contributed by atoms with Gasteiger partial charge in [0.05, 0.1) is 6.04 Å². The molecule has 1 fully saturated rings. The van der Waals surface area contributed by atoms with Crippen molar-refractivity contribution in [1.29, 1.82) is 0 Å². The second-order valence-electron chi connectivity index (χ2n) is 5.35. The Morgan fingerprint density at radius 2 is 2.22 bits per heavy atom. The summed E-state index contributed by atoms with van der Waals surface area (Å²) in [5, 5.41) is 7.76. The molecule has 1 spiro atoms. The molecule has 1 N–H and O–H groups in total. The van der Waals surface area contributed by atoms with Crippen LogP contribution in [0.15, 0.2) is 16.6 Å². The highest BCUT2D eigenvalue weighted by atomic mass is 32.2. The van der Waals surface area contributed by atoms with Gasteiger partial charge in [-0.1, -0.05) is 24.6 Å². The minimum atomic E-state index is 0.272. The predicted molar refractivity (Wildman–Crippen MR) is 79.3 cm³/mol. The molecule has 3 rings (SSSR count). The van der Waals surface area contributed by atoms with Crippen LogP contribution in [0.4, 0.5) is 0 Å². The lowest BCUT2D eigenvalue weighted by Gasteiger charge is -2.31. The number of aromatic nitrogens is 1. The quantitative estimate of drug-likeness (QED) is 0.902. The van der Waals surface area contributed by atoms with Gasteiger partial charge in [-0.25, -0.2) is 4.98 Å². The zero-order valence-electron chi connectivity index (χ0n) is 10.7. The minimum Gasteiger partial charge on any atom is -0.356 e. The van der Waals surface area contributed by atoms with Crippen LogP contribution in [0.5, 0.6) is 0 Å². The van der Waals surface area contributed by atoms with Crippen LogP contribution in [-0.4, -0.2) is 22.4 Å². The third kappa shape index (κ3) is 2.57. The van der Waals surface area contributed by atoms with Gasteiger partial charge in [-0.05, 0) is 25.2 Å². The van der Waals surface area contributed by atoms with Gasteiger partial charge in [0.2, 0.25) is 0 Å². The van der Waals surface area contributed by atoms with Gasteiger partial charge >= 0.3 is 0 Å². The topological polar surface area (TPSA) is 37.3 Å². The van der Waals surface area contributed by atoms with Crippen molar-refractivity contribution >= 4 is 28.3 Å². The van der Waals surface area contributed by atoms with Gasteiger partial charge in [0.25, 0.3) is 0 Å². The van der Waals surface area contributed by atoms with Gasteiger partial charge in [0.1, 0.15) is 5.01 Å². The molecule has 0 aromatic carbocycles. The van der Waals surface area contributed by atoms with Gasteiger partial charge in [0, 0.05) is 23.9 Å². The Balaban J connectivity index is 1.60. The van der Waals surface area contributed by atoms with Crippen molar-refractivity contribution in [3.8, 4) is 0 Å². The highest BCUT2D eigenvalue weighted by Crippen LogP contribution is 2.43. The average Bonchev–Trinajstić information content (AvgIpc) is 3.04. The molecule has 98 valence electrons. The molecule has 3 nitrogen and oxygen atoms in total. The Bertz CT molecular complexity index is 421. The third-order valence-electron chi connectivity index (χ3n) is 3.90. The van der Waals surface area contributed by atoms with Crippen molar-refractivity contribution in [2.24, 2.45) is 10.4 Å². The lowest BCUT2D eigenvalue weighted by atomic mass is 9.89. The molecular formula is C13H19N3S2. The number of rotatable bonds is 2. The molecule has 5 heteroatoms. The molecule has 0 saturated heterocycles. The smallest absolute Gasteiger partial charge is 0.157 e. The molecule has 1 aliphatic carbocycles. The van der Waals surface area contributed by atoms with Crippen LogP contribution in [0.1, 0.15) is 43.7 Å². The number of nitrogens with one attached hydrogen (secondary N) is 1. The predicted octanol–water partition coefficient (Wildman–Crippen LogP) is 3.46. The molecule has 2 heterocycles. The van der Waals surface area contributed by atoms with E-state index in [0.29, 0.717) is 5.41 Å². The van der Waals surface area contributed by atoms with Crippen molar-refractivity contribution in [3.63, 3.8) is 0 Å². The summed E-state index contributed by atoms with van der Waals surface area (Å²) >= 11 is 3.60. The Labute approximate surface area is 116 Å². The second kappa shape index (κ2) is 5.21. The number of hydrogen-bond donors (Lipinski definition) is 1. The fraction of sp³-hybridized carbons (Fsp3) is 0.692. The van der Waals surface area contributed by atoms with Crippen LogP contribution in [-0.2, 0) is 0 Å². The number of hydrogen-bond acceptors (Lipinski definition) is 5. The number of nitrogens with zero attached hydrogens (tertiary/aromatic N) is 2. The van der Waals surface area contributed by atoms with Crippen molar-refractivity contribution < 1.29 is 0 Å². The van der Waals surface area contributed by atoms with E-state index >= 15 is 0 Å². The molecule has 0 radical (unpaired) electrons. The Morgan fingerprint density at radius 1 is 1.39 bits per heavy atom. The van der Waals surface area contributed by atoms with E-state index in [1.807, 2.05) is 23.3 Å². The van der Waals surface area contributed by atoms with Gasteiger partial charge in [-0.3, -0.25) is 4.99 Å². The molecule has 2 aliphatic rings. The van der Waals surface area contributed by atoms with Crippen molar-refractivity contribution in [2.75, 3.05) is 12.3 Å². The van der Waals surface area contributed by atoms with Crippen LogP contribution >= 0.6 is 23.1 Å². The van der Waals surface area contributed by atoms with E-state index in [0.717, 1.165) is 16.7 Å². The zero-order valence-corrected chi connectivity index (χ0v) is 12.3. The largest absolute Gasteiger partial charge is 0.356 e. The molecule has 1 aromatic rings. The first-order valence-electron chi connectivity index (χ1n) is 6.61. The fourth-order valence-corrected chi connectivity index (χ4v) is 4.65. The summed E-state index contributed by atoms with van der Waals surface area (Å²) in [5.74, 6) is 1.24. The van der Waals surface area contributed by atoms with Crippen LogP contribution in [0.2, 0.25) is 0 Å². The van der Waals surface area contributed by atoms with E-state index in [2.05, 4.69) is 17.2 Å². The van der Waals surface area contributed by atoms with Crippen LogP contribution in [0.3, 0.4) is 0 Å². The van der Waals surface area contributed by atoms with Crippen LogP contribution in [0.25, 0.3) is 0 Å². The fourth-order valence-electron chi connectivity index (χ4n) is 2.76. The lowest BCUT2D eigenvalue weighted by molar-refractivity contribution is 0.358. The molecule has 1 unspecified atom stereocenters. The molecule has 1 atom stereocenters. The Morgan fingerprint density at radius 3 is 2.83 bits per heavy atom. The van der Waals surface area contributed by atoms with Crippen molar-refractivity contribution in [2.45, 2.75) is 38.6 Å². The SMILES string of the molecule is CC(NC1=NCC2(CCCC2)CS1)c1nccs1. The van der Waals surface area contributed by atoms with Crippen molar-refractivity contribution in [1.82, 2.24) is 10.3 Å². The van der Waals surface area contributed by atoms with E-state index in [1.165, 1.54) is 31.4 Å².